The van der Waals surface area contributed by atoms with Crippen molar-refractivity contribution in [3.8, 4) is 5.75 Å². The first kappa shape index (κ1) is 13.6. The predicted octanol–water partition coefficient (Wildman–Crippen LogP) is 4.74. The van der Waals surface area contributed by atoms with E-state index in [9.17, 15) is 9.18 Å². The predicted molar refractivity (Wildman–Crippen MR) is 72.5 cm³/mol. The highest BCUT2D eigenvalue weighted by Crippen LogP contribution is 2.25. The van der Waals surface area contributed by atoms with Crippen molar-refractivity contribution in [2.24, 2.45) is 0 Å². The second kappa shape index (κ2) is 5.91. The van der Waals surface area contributed by atoms with Gasteiger partial charge >= 0.3 is 6.09 Å². The van der Waals surface area contributed by atoms with E-state index in [1.54, 1.807) is 12.1 Å². The number of hydrogen-bond donors (Lipinski definition) is 1. The van der Waals surface area contributed by atoms with Crippen LogP contribution in [0.25, 0.3) is 0 Å². The summed E-state index contributed by atoms with van der Waals surface area (Å²) in [6.45, 7) is 0. The zero-order chi connectivity index (χ0) is 13.8. The fraction of sp³-hybridized carbons (Fsp3) is 0. The molecule has 0 aliphatic rings. The van der Waals surface area contributed by atoms with Crippen molar-refractivity contribution in [2.45, 2.75) is 0 Å². The van der Waals surface area contributed by atoms with Crippen LogP contribution in [0.2, 0.25) is 10.0 Å². The molecule has 3 nitrogen and oxygen atoms in total. The van der Waals surface area contributed by atoms with Crippen LogP contribution < -0.4 is 10.1 Å². The number of amides is 1. The largest absolute Gasteiger partial charge is 0.417 e. The van der Waals surface area contributed by atoms with Gasteiger partial charge in [-0.3, -0.25) is 5.32 Å². The Morgan fingerprint density at radius 3 is 2.53 bits per heavy atom. The number of ether oxygens (including phenoxy) is 1. The summed E-state index contributed by atoms with van der Waals surface area (Å²) in [4.78, 5) is 11.6. The molecule has 6 heteroatoms. The van der Waals surface area contributed by atoms with E-state index in [0.717, 1.165) is 0 Å². The fourth-order valence-electron chi connectivity index (χ4n) is 1.34. The molecule has 0 atom stereocenters. The average Bonchev–Trinajstić information content (AvgIpc) is 2.37. The number of carbonyl (C=O) groups is 1. The van der Waals surface area contributed by atoms with E-state index >= 15 is 0 Å². The van der Waals surface area contributed by atoms with Crippen molar-refractivity contribution in [1.29, 1.82) is 0 Å². The van der Waals surface area contributed by atoms with E-state index in [2.05, 4.69) is 5.32 Å². The molecule has 0 aliphatic carbocycles. The molecule has 0 radical (unpaired) electrons. The number of benzene rings is 2. The van der Waals surface area contributed by atoms with Crippen LogP contribution >= 0.6 is 23.2 Å². The highest BCUT2D eigenvalue weighted by Gasteiger charge is 2.09. The summed E-state index contributed by atoms with van der Waals surface area (Å²) in [5.41, 5.74) is 0.399. The van der Waals surface area contributed by atoms with E-state index < -0.39 is 11.9 Å². The van der Waals surface area contributed by atoms with Gasteiger partial charge in [-0.05, 0) is 30.3 Å². The van der Waals surface area contributed by atoms with Crippen LogP contribution in [-0.2, 0) is 0 Å². The summed E-state index contributed by atoms with van der Waals surface area (Å²) < 4.78 is 18.1. The summed E-state index contributed by atoms with van der Waals surface area (Å²) in [6.07, 6.45) is -0.816. The first-order valence-corrected chi connectivity index (χ1v) is 6.00. The Labute approximate surface area is 118 Å². The lowest BCUT2D eigenvalue weighted by Crippen LogP contribution is -2.17. The molecule has 98 valence electrons. The molecular weight excluding hydrogens is 292 g/mol. The summed E-state index contributed by atoms with van der Waals surface area (Å²) in [5.74, 6) is -0.771. The molecule has 0 heterocycles. The maximum atomic E-state index is 13.3. The molecule has 0 aliphatic heterocycles. The van der Waals surface area contributed by atoms with Gasteiger partial charge in [0.05, 0.1) is 10.0 Å². The van der Waals surface area contributed by atoms with Crippen molar-refractivity contribution in [3.63, 3.8) is 0 Å². The Bertz CT molecular complexity index is 619. The molecule has 1 amide bonds. The third-order valence-electron chi connectivity index (χ3n) is 2.21. The van der Waals surface area contributed by atoms with E-state index in [1.165, 1.54) is 30.3 Å². The molecule has 19 heavy (non-hydrogen) atoms. The second-order valence-corrected chi connectivity index (χ2v) is 4.39. The Hall–Kier alpha value is -1.78. The second-order valence-electron chi connectivity index (χ2n) is 3.57. The Kier molecular flexibility index (Phi) is 4.24. The zero-order valence-corrected chi connectivity index (χ0v) is 11.0. The molecule has 2 rings (SSSR count). The van der Waals surface area contributed by atoms with Gasteiger partial charge in [0.2, 0.25) is 0 Å². The van der Waals surface area contributed by atoms with Gasteiger partial charge in [-0.15, -0.1) is 0 Å². The lowest BCUT2D eigenvalue weighted by molar-refractivity contribution is 0.213. The SMILES string of the molecule is O=C(Nc1ccc(Cl)c(Cl)c1)Oc1ccccc1F. The number of hydrogen-bond acceptors (Lipinski definition) is 2. The van der Waals surface area contributed by atoms with E-state index in [1.807, 2.05) is 0 Å². The Balaban J connectivity index is 2.05. The molecule has 0 unspecified atom stereocenters. The molecule has 0 aromatic heterocycles. The minimum absolute atomic E-state index is 0.153. The van der Waals surface area contributed by atoms with Crippen LogP contribution in [0, 0.1) is 5.82 Å². The maximum absolute atomic E-state index is 13.3. The third-order valence-corrected chi connectivity index (χ3v) is 2.94. The van der Waals surface area contributed by atoms with Crippen molar-refractivity contribution in [3.05, 3.63) is 58.3 Å². The summed E-state index contributed by atoms with van der Waals surface area (Å²) in [6, 6.07) is 10.2. The first-order valence-electron chi connectivity index (χ1n) is 5.24. The summed E-state index contributed by atoms with van der Waals surface area (Å²) >= 11 is 11.5. The van der Waals surface area contributed by atoms with Crippen molar-refractivity contribution in [2.75, 3.05) is 5.32 Å². The maximum Gasteiger partial charge on any atom is 0.417 e. The van der Waals surface area contributed by atoms with E-state index in [-0.39, 0.29) is 5.75 Å². The quantitative estimate of drug-likeness (QED) is 0.869. The molecule has 0 spiro atoms. The number of rotatable bonds is 2. The number of anilines is 1. The number of halogens is 3. The van der Waals surface area contributed by atoms with Crippen LogP contribution in [0.1, 0.15) is 0 Å². The van der Waals surface area contributed by atoms with Crippen LogP contribution in [0.15, 0.2) is 42.5 Å². The highest BCUT2D eigenvalue weighted by atomic mass is 35.5. The van der Waals surface area contributed by atoms with E-state index in [0.29, 0.717) is 15.7 Å². The van der Waals surface area contributed by atoms with Gasteiger partial charge in [0, 0.05) is 5.69 Å². The van der Waals surface area contributed by atoms with Crippen LogP contribution in [0.4, 0.5) is 14.9 Å². The summed E-state index contributed by atoms with van der Waals surface area (Å²) in [5, 5.41) is 3.08. The fourth-order valence-corrected chi connectivity index (χ4v) is 1.64. The molecule has 0 saturated heterocycles. The van der Waals surface area contributed by atoms with Crippen molar-refractivity contribution >= 4 is 35.0 Å². The monoisotopic (exact) mass is 299 g/mol. The van der Waals surface area contributed by atoms with Gasteiger partial charge < -0.3 is 4.74 Å². The smallest absolute Gasteiger partial charge is 0.407 e. The molecule has 0 bridgehead atoms. The lowest BCUT2D eigenvalue weighted by atomic mass is 10.3. The molecule has 1 N–H and O–H groups in total. The Morgan fingerprint density at radius 1 is 1.11 bits per heavy atom. The zero-order valence-electron chi connectivity index (χ0n) is 9.49. The van der Waals surface area contributed by atoms with E-state index in [4.69, 9.17) is 27.9 Å². The van der Waals surface area contributed by atoms with Crippen LogP contribution in [0.3, 0.4) is 0 Å². The average molecular weight is 300 g/mol. The topological polar surface area (TPSA) is 38.3 Å². The molecule has 2 aromatic rings. The number of para-hydroxylation sites is 1. The highest BCUT2D eigenvalue weighted by molar-refractivity contribution is 6.42. The molecular formula is C13H8Cl2FNO2. The molecule has 0 fully saturated rings. The minimum atomic E-state index is -0.816. The lowest BCUT2D eigenvalue weighted by Gasteiger charge is -2.07. The molecule has 0 saturated carbocycles. The standard InChI is InChI=1S/C13H8Cl2FNO2/c14-9-6-5-8(7-10(9)15)17-13(18)19-12-4-2-1-3-11(12)16/h1-7H,(H,17,18). The van der Waals surface area contributed by atoms with Gasteiger partial charge in [-0.25, -0.2) is 9.18 Å². The molecule has 2 aromatic carbocycles. The normalized spacial score (nSPS) is 10.1. The van der Waals surface area contributed by atoms with Gasteiger partial charge in [0.25, 0.3) is 0 Å². The van der Waals surface area contributed by atoms with Gasteiger partial charge in [0.15, 0.2) is 11.6 Å². The number of nitrogens with one attached hydrogen (secondary N) is 1. The van der Waals surface area contributed by atoms with Crippen molar-refractivity contribution < 1.29 is 13.9 Å². The van der Waals surface area contributed by atoms with Gasteiger partial charge in [-0.1, -0.05) is 35.3 Å². The Morgan fingerprint density at radius 2 is 1.84 bits per heavy atom. The summed E-state index contributed by atoms with van der Waals surface area (Å²) in [7, 11) is 0. The van der Waals surface area contributed by atoms with Crippen LogP contribution in [0.5, 0.6) is 5.75 Å². The number of carbonyl (C=O) groups excluding carboxylic acids is 1. The van der Waals surface area contributed by atoms with Crippen LogP contribution in [-0.4, -0.2) is 6.09 Å². The van der Waals surface area contributed by atoms with Gasteiger partial charge in [-0.2, -0.15) is 0 Å². The van der Waals surface area contributed by atoms with Crippen molar-refractivity contribution in [1.82, 2.24) is 0 Å². The minimum Gasteiger partial charge on any atom is -0.407 e. The first-order chi connectivity index (χ1) is 9.06. The third kappa shape index (κ3) is 3.59. The van der Waals surface area contributed by atoms with Gasteiger partial charge in [0.1, 0.15) is 0 Å².